The van der Waals surface area contributed by atoms with Crippen molar-refractivity contribution in [3.05, 3.63) is 95.2 Å². The van der Waals surface area contributed by atoms with E-state index >= 15 is 0 Å². The fraction of sp³-hybridized carbons (Fsp3) is 0.241. The summed E-state index contributed by atoms with van der Waals surface area (Å²) in [5.41, 5.74) is 4.44. The molecule has 4 aromatic rings. The van der Waals surface area contributed by atoms with Gasteiger partial charge in [-0.3, -0.25) is 9.59 Å². The zero-order chi connectivity index (χ0) is 25.2. The minimum atomic E-state index is -0.374. The number of aryl methyl sites for hydroxylation is 1. The second kappa shape index (κ2) is 9.77. The molecule has 1 atom stereocenters. The molecule has 2 amide bonds. The van der Waals surface area contributed by atoms with Gasteiger partial charge in [-0.15, -0.1) is 0 Å². The third-order valence-electron chi connectivity index (χ3n) is 6.66. The van der Waals surface area contributed by atoms with Crippen LogP contribution in [0.5, 0.6) is 11.5 Å². The van der Waals surface area contributed by atoms with E-state index < -0.39 is 0 Å². The average Bonchev–Trinajstić information content (AvgIpc) is 3.36. The van der Waals surface area contributed by atoms with Gasteiger partial charge in [0, 0.05) is 30.1 Å². The predicted octanol–water partition coefficient (Wildman–Crippen LogP) is 4.45. The van der Waals surface area contributed by atoms with Crippen LogP contribution in [-0.4, -0.2) is 41.5 Å². The van der Waals surface area contributed by atoms with Gasteiger partial charge in [0.25, 0.3) is 5.91 Å². The van der Waals surface area contributed by atoms with Crippen LogP contribution in [0.15, 0.2) is 72.8 Å². The summed E-state index contributed by atoms with van der Waals surface area (Å²) in [6, 6.07) is 22.9. The maximum atomic E-state index is 13.7. The van der Waals surface area contributed by atoms with Gasteiger partial charge >= 0.3 is 0 Å². The molecule has 7 heteroatoms. The highest BCUT2D eigenvalue weighted by Gasteiger charge is 2.42. The highest BCUT2D eigenvalue weighted by atomic mass is 16.5. The molecule has 1 aliphatic rings. The van der Waals surface area contributed by atoms with Gasteiger partial charge in [-0.05, 0) is 48.4 Å². The van der Waals surface area contributed by atoms with E-state index in [4.69, 9.17) is 9.47 Å². The Balaban J connectivity index is 1.42. The molecule has 0 fully saturated rings. The number of aromatic nitrogens is 1. The lowest BCUT2D eigenvalue weighted by atomic mass is 9.98. The summed E-state index contributed by atoms with van der Waals surface area (Å²) >= 11 is 0. The number of benzene rings is 3. The van der Waals surface area contributed by atoms with Crippen molar-refractivity contribution < 1.29 is 19.1 Å². The van der Waals surface area contributed by atoms with Crippen molar-refractivity contribution in [3.8, 4) is 11.5 Å². The quantitative estimate of drug-likeness (QED) is 0.402. The average molecular weight is 484 g/mol. The second-order valence-corrected chi connectivity index (χ2v) is 8.80. The lowest BCUT2D eigenvalue weighted by molar-refractivity contribution is -0.122. The van der Waals surface area contributed by atoms with Crippen molar-refractivity contribution in [1.82, 2.24) is 14.8 Å². The van der Waals surface area contributed by atoms with Crippen LogP contribution in [-0.2, 0) is 18.4 Å². The fourth-order valence-corrected chi connectivity index (χ4v) is 4.94. The first-order valence-corrected chi connectivity index (χ1v) is 12.0. The van der Waals surface area contributed by atoms with E-state index in [2.05, 4.69) is 5.32 Å². The Labute approximate surface area is 210 Å². The molecule has 7 nitrogen and oxygen atoms in total. The summed E-state index contributed by atoms with van der Waals surface area (Å²) in [7, 11) is 3.53. The number of ether oxygens (including phenoxy) is 2. The topological polar surface area (TPSA) is 72.8 Å². The summed E-state index contributed by atoms with van der Waals surface area (Å²) in [4.78, 5) is 28.4. The highest BCUT2D eigenvalue weighted by molar-refractivity contribution is 6.07. The van der Waals surface area contributed by atoms with Crippen LogP contribution in [0.4, 0.5) is 0 Å². The van der Waals surface area contributed by atoms with Crippen LogP contribution >= 0.6 is 0 Å². The second-order valence-electron chi connectivity index (χ2n) is 8.80. The van der Waals surface area contributed by atoms with Gasteiger partial charge < -0.3 is 24.3 Å². The van der Waals surface area contributed by atoms with E-state index in [-0.39, 0.29) is 24.4 Å². The first-order valence-electron chi connectivity index (χ1n) is 12.0. The van der Waals surface area contributed by atoms with Gasteiger partial charge in [0.2, 0.25) is 5.91 Å². The predicted molar refractivity (Wildman–Crippen MR) is 138 cm³/mol. The lowest BCUT2D eigenvalue weighted by Crippen LogP contribution is -2.39. The number of para-hydroxylation sites is 1. The number of nitrogens with zero attached hydrogens (tertiary/aromatic N) is 2. The number of hydrogen-bond acceptors (Lipinski definition) is 4. The van der Waals surface area contributed by atoms with Crippen LogP contribution in [0, 0.1) is 0 Å². The number of nitrogens with one attached hydrogen (secondary N) is 1. The monoisotopic (exact) mass is 483 g/mol. The van der Waals surface area contributed by atoms with Crippen LogP contribution < -0.4 is 14.8 Å². The number of amides is 2. The molecule has 0 spiro atoms. The molecule has 3 aromatic carbocycles. The molecular formula is C29H29N3O4. The number of methoxy groups -OCH3 is 1. The van der Waals surface area contributed by atoms with Gasteiger partial charge in [-0.1, -0.05) is 42.5 Å². The molecule has 0 bridgehead atoms. The highest BCUT2D eigenvalue weighted by Crippen LogP contribution is 2.43. The fourth-order valence-electron chi connectivity index (χ4n) is 4.94. The van der Waals surface area contributed by atoms with E-state index in [1.807, 2.05) is 91.3 Å². The molecule has 36 heavy (non-hydrogen) atoms. The first-order chi connectivity index (χ1) is 17.5. The van der Waals surface area contributed by atoms with Crippen LogP contribution in [0.3, 0.4) is 0 Å². The molecule has 0 aliphatic carbocycles. The zero-order valence-corrected chi connectivity index (χ0v) is 20.7. The van der Waals surface area contributed by atoms with Crippen molar-refractivity contribution in [3.63, 3.8) is 0 Å². The molecule has 1 aromatic heterocycles. The van der Waals surface area contributed by atoms with Crippen LogP contribution in [0.1, 0.15) is 40.1 Å². The summed E-state index contributed by atoms with van der Waals surface area (Å²) in [6.07, 6.45) is 0. The van der Waals surface area contributed by atoms with Crippen molar-refractivity contribution in [2.75, 3.05) is 20.3 Å². The minimum Gasteiger partial charge on any atom is -0.497 e. The maximum absolute atomic E-state index is 13.7. The van der Waals surface area contributed by atoms with E-state index in [9.17, 15) is 9.59 Å². The third kappa shape index (κ3) is 4.17. The largest absolute Gasteiger partial charge is 0.497 e. The van der Waals surface area contributed by atoms with Gasteiger partial charge in [0.15, 0.2) is 0 Å². The van der Waals surface area contributed by atoms with Crippen LogP contribution in [0.25, 0.3) is 10.9 Å². The summed E-state index contributed by atoms with van der Waals surface area (Å²) in [5.74, 6) is 1.16. The number of carbonyl (C=O) groups excluding carboxylic acids is 2. The molecule has 5 rings (SSSR count). The molecule has 1 unspecified atom stereocenters. The number of carbonyl (C=O) groups is 2. The van der Waals surface area contributed by atoms with E-state index in [1.54, 1.807) is 12.0 Å². The Morgan fingerprint density at radius 1 is 0.972 bits per heavy atom. The molecular weight excluding hydrogens is 454 g/mol. The van der Waals surface area contributed by atoms with E-state index in [1.165, 1.54) is 0 Å². The third-order valence-corrected chi connectivity index (χ3v) is 6.66. The first kappa shape index (κ1) is 23.5. The van der Waals surface area contributed by atoms with Crippen molar-refractivity contribution in [2.45, 2.75) is 19.5 Å². The standard InChI is InChI=1S/C29H29N3O4/c1-4-36-22-13-9-19(10-14-22)17-30-25(33)18-32-27(20-11-15-21(35-3)16-12-20)26-23-7-5-6-8-24(23)31(2)28(26)29(32)34/h5-16,27H,4,17-18H2,1-3H3,(H,30,33). The Bertz CT molecular complexity index is 1410. The maximum Gasteiger partial charge on any atom is 0.272 e. The van der Waals surface area contributed by atoms with Crippen LogP contribution in [0.2, 0.25) is 0 Å². The number of fused-ring (bicyclic) bond motifs is 3. The molecule has 0 radical (unpaired) electrons. The Kier molecular flexibility index (Phi) is 6.38. The van der Waals surface area contributed by atoms with Crippen molar-refractivity contribution in [2.24, 2.45) is 7.05 Å². The Morgan fingerprint density at radius 2 is 1.67 bits per heavy atom. The molecule has 0 saturated heterocycles. The van der Waals surface area contributed by atoms with Gasteiger partial charge in [-0.2, -0.15) is 0 Å². The molecule has 184 valence electrons. The number of rotatable bonds is 8. The summed E-state index contributed by atoms with van der Waals surface area (Å²) in [6.45, 7) is 2.87. The normalized spacial score (nSPS) is 14.7. The van der Waals surface area contributed by atoms with Crippen molar-refractivity contribution in [1.29, 1.82) is 0 Å². The molecule has 1 N–H and O–H groups in total. The van der Waals surface area contributed by atoms with Gasteiger partial charge in [0.1, 0.15) is 23.7 Å². The minimum absolute atomic E-state index is 0.0461. The zero-order valence-electron chi connectivity index (χ0n) is 20.7. The van der Waals surface area contributed by atoms with Gasteiger partial charge in [-0.25, -0.2) is 0 Å². The molecule has 0 saturated carbocycles. The van der Waals surface area contributed by atoms with E-state index in [0.29, 0.717) is 18.8 Å². The Hall–Kier alpha value is -4.26. The molecule has 2 heterocycles. The lowest BCUT2D eigenvalue weighted by Gasteiger charge is -2.26. The number of hydrogen-bond donors (Lipinski definition) is 1. The van der Waals surface area contributed by atoms with Crippen molar-refractivity contribution >= 4 is 22.7 Å². The molecule has 1 aliphatic heterocycles. The Morgan fingerprint density at radius 3 is 2.36 bits per heavy atom. The summed E-state index contributed by atoms with van der Waals surface area (Å²) in [5, 5.41) is 3.97. The SMILES string of the molecule is CCOc1ccc(CNC(=O)CN2C(=O)c3c(c4ccccc4n3C)C2c2ccc(OC)cc2)cc1. The smallest absolute Gasteiger partial charge is 0.272 e. The van der Waals surface area contributed by atoms with E-state index in [0.717, 1.165) is 39.1 Å². The summed E-state index contributed by atoms with van der Waals surface area (Å²) < 4.78 is 12.7. The van der Waals surface area contributed by atoms with Gasteiger partial charge in [0.05, 0.1) is 19.8 Å².